The second-order valence-corrected chi connectivity index (χ2v) is 9.24. The molecule has 160 valence electrons. The van der Waals surface area contributed by atoms with Gasteiger partial charge in [-0.25, -0.2) is 8.42 Å². The molecule has 0 radical (unpaired) electrons. The number of halogens is 1. The summed E-state index contributed by atoms with van der Waals surface area (Å²) in [6.07, 6.45) is 0. The van der Waals surface area contributed by atoms with E-state index in [0.717, 1.165) is 0 Å². The number of hydrogen-bond donors (Lipinski definition) is 1. The van der Waals surface area contributed by atoms with E-state index in [-0.39, 0.29) is 16.7 Å². The highest BCUT2D eigenvalue weighted by molar-refractivity contribution is 7.89. The lowest BCUT2D eigenvalue weighted by molar-refractivity contribution is -0.128. The van der Waals surface area contributed by atoms with Crippen LogP contribution in [0.5, 0.6) is 0 Å². The minimum Gasteiger partial charge on any atom is -0.352 e. The zero-order chi connectivity index (χ0) is 21.9. The molecule has 1 heterocycles. The van der Waals surface area contributed by atoms with Crippen molar-refractivity contribution in [1.29, 1.82) is 0 Å². The summed E-state index contributed by atoms with van der Waals surface area (Å²) in [6, 6.07) is 11.9. The SMILES string of the molecule is CCN(CC)S(=O)(=O)c1ccc(C(=O)N2CCNC(=O)C2c2cccc(Cl)c2)cc1. The normalized spacial score (nSPS) is 17.1. The van der Waals surface area contributed by atoms with Crippen molar-refractivity contribution in [2.75, 3.05) is 26.2 Å². The minimum absolute atomic E-state index is 0.130. The molecule has 1 unspecified atom stereocenters. The third-order valence-electron chi connectivity index (χ3n) is 5.08. The zero-order valence-corrected chi connectivity index (χ0v) is 18.4. The number of amides is 2. The predicted molar refractivity (Wildman–Crippen MR) is 115 cm³/mol. The summed E-state index contributed by atoms with van der Waals surface area (Å²) in [6.45, 7) is 4.96. The van der Waals surface area contributed by atoms with Crippen molar-refractivity contribution < 1.29 is 18.0 Å². The number of carbonyl (C=O) groups is 2. The van der Waals surface area contributed by atoms with E-state index in [0.29, 0.717) is 42.3 Å². The average molecular weight is 450 g/mol. The van der Waals surface area contributed by atoms with Crippen LogP contribution < -0.4 is 5.32 Å². The van der Waals surface area contributed by atoms with Crippen molar-refractivity contribution in [3.05, 3.63) is 64.7 Å². The summed E-state index contributed by atoms with van der Waals surface area (Å²) in [5, 5.41) is 3.26. The van der Waals surface area contributed by atoms with Crippen LogP contribution >= 0.6 is 11.6 Å². The Balaban J connectivity index is 1.90. The Labute approximate surface area is 181 Å². The van der Waals surface area contributed by atoms with Crippen LogP contribution in [-0.2, 0) is 14.8 Å². The van der Waals surface area contributed by atoms with Crippen molar-refractivity contribution in [2.45, 2.75) is 24.8 Å². The van der Waals surface area contributed by atoms with E-state index in [1.807, 2.05) is 0 Å². The van der Waals surface area contributed by atoms with E-state index < -0.39 is 16.1 Å². The number of hydrogen-bond acceptors (Lipinski definition) is 4. The number of nitrogens with zero attached hydrogens (tertiary/aromatic N) is 2. The van der Waals surface area contributed by atoms with E-state index in [2.05, 4.69) is 5.32 Å². The lowest BCUT2D eigenvalue weighted by Gasteiger charge is -2.35. The summed E-state index contributed by atoms with van der Waals surface area (Å²) in [5.41, 5.74) is 0.934. The molecule has 1 N–H and O–H groups in total. The van der Waals surface area contributed by atoms with Crippen molar-refractivity contribution in [1.82, 2.24) is 14.5 Å². The molecule has 1 aliphatic heterocycles. The Morgan fingerprint density at radius 3 is 2.43 bits per heavy atom. The Bertz CT molecular complexity index is 1040. The van der Waals surface area contributed by atoms with Crippen molar-refractivity contribution in [3.8, 4) is 0 Å². The van der Waals surface area contributed by atoms with E-state index in [9.17, 15) is 18.0 Å². The standard InChI is InChI=1S/C21H24ClN3O4S/c1-3-24(4-2)30(28,29)18-10-8-15(9-11-18)21(27)25-13-12-23-20(26)19(25)16-6-5-7-17(22)14-16/h5-11,14,19H,3-4,12-13H2,1-2H3,(H,23,26). The first-order valence-electron chi connectivity index (χ1n) is 9.74. The molecule has 0 aliphatic carbocycles. The van der Waals surface area contributed by atoms with Gasteiger partial charge in [0.2, 0.25) is 15.9 Å². The Kier molecular flexibility index (Phi) is 6.80. The molecule has 1 atom stereocenters. The number of nitrogens with one attached hydrogen (secondary N) is 1. The molecule has 2 amide bonds. The number of sulfonamides is 1. The van der Waals surface area contributed by atoms with Crippen molar-refractivity contribution in [3.63, 3.8) is 0 Å². The largest absolute Gasteiger partial charge is 0.352 e. The van der Waals surface area contributed by atoms with Crippen LogP contribution in [0.15, 0.2) is 53.4 Å². The highest BCUT2D eigenvalue weighted by atomic mass is 35.5. The molecule has 2 aromatic carbocycles. The van der Waals surface area contributed by atoms with Gasteiger partial charge in [0.15, 0.2) is 0 Å². The van der Waals surface area contributed by atoms with Gasteiger partial charge in [0, 0.05) is 36.8 Å². The third-order valence-corrected chi connectivity index (χ3v) is 7.38. The summed E-state index contributed by atoms with van der Waals surface area (Å²) >= 11 is 6.07. The van der Waals surface area contributed by atoms with Crippen molar-refractivity contribution in [2.24, 2.45) is 0 Å². The number of rotatable bonds is 6. The molecular formula is C21H24ClN3O4S. The van der Waals surface area contributed by atoms with Gasteiger partial charge in [-0.2, -0.15) is 4.31 Å². The molecule has 1 aliphatic rings. The fourth-order valence-corrected chi connectivity index (χ4v) is 5.20. The van der Waals surface area contributed by atoms with Gasteiger partial charge in [-0.3, -0.25) is 9.59 Å². The topological polar surface area (TPSA) is 86.8 Å². The maximum atomic E-state index is 13.2. The molecule has 0 spiro atoms. The van der Waals surface area contributed by atoms with Gasteiger partial charge in [-0.15, -0.1) is 0 Å². The Morgan fingerprint density at radius 1 is 1.17 bits per heavy atom. The van der Waals surface area contributed by atoms with Gasteiger partial charge < -0.3 is 10.2 Å². The Hall–Kier alpha value is -2.42. The minimum atomic E-state index is -3.61. The van der Waals surface area contributed by atoms with Crippen molar-refractivity contribution >= 4 is 33.4 Å². The average Bonchev–Trinajstić information content (AvgIpc) is 2.74. The highest BCUT2D eigenvalue weighted by Crippen LogP contribution is 2.27. The van der Waals surface area contributed by atoms with Crippen LogP contribution in [0.25, 0.3) is 0 Å². The van der Waals surface area contributed by atoms with Gasteiger partial charge in [0.1, 0.15) is 6.04 Å². The van der Waals surface area contributed by atoms with Gasteiger partial charge in [0.25, 0.3) is 5.91 Å². The predicted octanol–water partition coefficient (Wildman–Crippen LogP) is 2.68. The molecular weight excluding hydrogens is 426 g/mol. The number of benzene rings is 2. The molecule has 30 heavy (non-hydrogen) atoms. The lowest BCUT2D eigenvalue weighted by atomic mass is 10.0. The zero-order valence-electron chi connectivity index (χ0n) is 16.8. The fraction of sp³-hybridized carbons (Fsp3) is 0.333. The molecule has 0 saturated carbocycles. The molecule has 2 aromatic rings. The monoisotopic (exact) mass is 449 g/mol. The molecule has 7 nitrogen and oxygen atoms in total. The fourth-order valence-electron chi connectivity index (χ4n) is 3.54. The smallest absolute Gasteiger partial charge is 0.254 e. The van der Waals surface area contributed by atoms with E-state index >= 15 is 0 Å². The van der Waals surface area contributed by atoms with E-state index in [4.69, 9.17) is 11.6 Å². The summed E-state index contributed by atoms with van der Waals surface area (Å²) in [4.78, 5) is 27.3. The van der Waals surface area contributed by atoms with Crippen LogP contribution in [-0.4, -0.2) is 55.6 Å². The summed E-state index contributed by atoms with van der Waals surface area (Å²) < 4.78 is 26.7. The van der Waals surface area contributed by atoms with E-state index in [1.54, 1.807) is 38.1 Å². The van der Waals surface area contributed by atoms with Crippen LogP contribution in [0.4, 0.5) is 0 Å². The first-order chi connectivity index (χ1) is 14.3. The third kappa shape index (κ3) is 4.35. The Morgan fingerprint density at radius 2 is 1.83 bits per heavy atom. The molecule has 1 saturated heterocycles. The lowest BCUT2D eigenvalue weighted by Crippen LogP contribution is -2.52. The van der Waals surface area contributed by atoms with Gasteiger partial charge in [-0.1, -0.05) is 37.6 Å². The summed E-state index contributed by atoms with van der Waals surface area (Å²) in [5.74, 6) is -0.626. The second kappa shape index (κ2) is 9.16. The maximum absolute atomic E-state index is 13.2. The van der Waals surface area contributed by atoms with Crippen LogP contribution in [0.3, 0.4) is 0 Å². The molecule has 1 fully saturated rings. The van der Waals surface area contributed by atoms with Gasteiger partial charge >= 0.3 is 0 Å². The molecule has 0 aromatic heterocycles. The number of carbonyl (C=O) groups excluding carboxylic acids is 2. The molecule has 3 rings (SSSR count). The molecule has 9 heteroatoms. The van der Waals surface area contributed by atoms with Gasteiger partial charge in [0.05, 0.1) is 4.90 Å². The summed E-state index contributed by atoms with van der Waals surface area (Å²) in [7, 11) is -3.61. The van der Waals surface area contributed by atoms with E-state index in [1.165, 1.54) is 33.5 Å². The second-order valence-electron chi connectivity index (χ2n) is 6.86. The van der Waals surface area contributed by atoms with Crippen LogP contribution in [0, 0.1) is 0 Å². The highest BCUT2D eigenvalue weighted by Gasteiger charge is 2.35. The maximum Gasteiger partial charge on any atom is 0.254 e. The van der Waals surface area contributed by atoms with Gasteiger partial charge in [-0.05, 0) is 42.0 Å². The molecule has 0 bridgehead atoms. The van der Waals surface area contributed by atoms with Crippen LogP contribution in [0.2, 0.25) is 5.02 Å². The quantitative estimate of drug-likeness (QED) is 0.734. The first-order valence-corrected chi connectivity index (χ1v) is 11.6. The number of piperazine rings is 1. The van der Waals surface area contributed by atoms with Crippen LogP contribution in [0.1, 0.15) is 35.8 Å². The first kappa shape index (κ1) is 22.3.